The molecule has 1 unspecified atom stereocenters. The number of rotatable bonds is 6. The summed E-state index contributed by atoms with van der Waals surface area (Å²) in [5.74, 6) is 1.61. The largest absolute Gasteiger partial charge is 0.355 e. The van der Waals surface area contributed by atoms with Crippen LogP contribution in [-0.2, 0) is 9.59 Å². The first-order chi connectivity index (χ1) is 10.3. The molecule has 2 N–H and O–H groups in total. The van der Waals surface area contributed by atoms with E-state index in [1.165, 1.54) is 31.0 Å². The van der Waals surface area contributed by atoms with E-state index in [2.05, 4.69) is 10.6 Å². The second-order valence-electron chi connectivity index (χ2n) is 5.95. The van der Waals surface area contributed by atoms with E-state index in [0.29, 0.717) is 17.4 Å². The average Bonchev–Trinajstić information content (AvgIpc) is 2.54. The van der Waals surface area contributed by atoms with Gasteiger partial charge in [-0.05, 0) is 51.1 Å². The third-order valence-electron chi connectivity index (χ3n) is 4.15. The molecule has 0 aromatic carbocycles. The van der Waals surface area contributed by atoms with Gasteiger partial charge in [-0.15, -0.1) is 24.2 Å². The van der Waals surface area contributed by atoms with E-state index in [0.717, 1.165) is 45.6 Å². The number of hydrogen-bond donors (Lipinski definition) is 2. The molecule has 0 saturated carbocycles. The van der Waals surface area contributed by atoms with Crippen LogP contribution in [0.3, 0.4) is 0 Å². The number of piperidine rings is 2. The number of carbonyl (C=O) groups is 2. The van der Waals surface area contributed by atoms with E-state index in [4.69, 9.17) is 0 Å². The number of amides is 2. The van der Waals surface area contributed by atoms with Crippen LogP contribution < -0.4 is 10.6 Å². The lowest BCUT2D eigenvalue weighted by atomic mass is 10.00. The topological polar surface area (TPSA) is 61.4 Å². The summed E-state index contributed by atoms with van der Waals surface area (Å²) in [6, 6.07) is 0. The van der Waals surface area contributed by atoms with Gasteiger partial charge in [0.25, 0.3) is 0 Å². The second-order valence-corrected chi connectivity index (χ2v) is 6.94. The standard InChI is InChI=1S/C15H27N3O2S.ClH/c19-14(17-10-13-5-4-6-16-9-13)11-21-12-15(20)18-7-2-1-3-8-18;/h13,16H,1-12H2,(H,17,19);1H. The lowest BCUT2D eigenvalue weighted by molar-refractivity contribution is -0.129. The molecule has 0 radical (unpaired) electrons. The van der Waals surface area contributed by atoms with Crippen molar-refractivity contribution in [1.82, 2.24) is 15.5 Å². The van der Waals surface area contributed by atoms with Crippen molar-refractivity contribution in [2.24, 2.45) is 5.92 Å². The molecule has 2 heterocycles. The number of carbonyl (C=O) groups excluding carboxylic acids is 2. The highest BCUT2D eigenvalue weighted by Crippen LogP contribution is 2.11. The Morgan fingerprint density at radius 3 is 2.59 bits per heavy atom. The molecular formula is C15H28ClN3O2S. The van der Waals surface area contributed by atoms with Crippen LogP contribution >= 0.6 is 24.2 Å². The van der Waals surface area contributed by atoms with Crippen LogP contribution in [-0.4, -0.2) is 60.9 Å². The van der Waals surface area contributed by atoms with Gasteiger partial charge in [-0.25, -0.2) is 0 Å². The van der Waals surface area contributed by atoms with Crippen LogP contribution in [0.15, 0.2) is 0 Å². The third-order valence-corrected chi connectivity index (χ3v) is 5.07. The lowest BCUT2D eigenvalue weighted by Gasteiger charge is -2.26. The van der Waals surface area contributed by atoms with Gasteiger partial charge in [0.1, 0.15) is 0 Å². The van der Waals surface area contributed by atoms with E-state index < -0.39 is 0 Å². The van der Waals surface area contributed by atoms with Crippen molar-refractivity contribution in [3.63, 3.8) is 0 Å². The first kappa shape index (κ1) is 19.6. The van der Waals surface area contributed by atoms with Gasteiger partial charge in [0.05, 0.1) is 11.5 Å². The maximum absolute atomic E-state index is 11.9. The molecule has 0 aromatic heterocycles. The molecule has 0 aromatic rings. The molecule has 2 fully saturated rings. The molecule has 2 aliphatic heterocycles. The monoisotopic (exact) mass is 349 g/mol. The molecular weight excluding hydrogens is 322 g/mol. The molecule has 0 spiro atoms. The Bertz CT molecular complexity index is 346. The maximum Gasteiger partial charge on any atom is 0.232 e. The molecule has 0 aliphatic carbocycles. The van der Waals surface area contributed by atoms with Gasteiger partial charge < -0.3 is 15.5 Å². The van der Waals surface area contributed by atoms with Gasteiger partial charge in [0.15, 0.2) is 0 Å². The highest BCUT2D eigenvalue weighted by atomic mass is 35.5. The van der Waals surface area contributed by atoms with E-state index in [1.54, 1.807) is 0 Å². The molecule has 7 heteroatoms. The first-order valence-corrected chi connectivity index (χ1v) is 9.24. The molecule has 1 atom stereocenters. The van der Waals surface area contributed by atoms with Gasteiger partial charge in [0.2, 0.25) is 11.8 Å². The van der Waals surface area contributed by atoms with Crippen LogP contribution in [0.25, 0.3) is 0 Å². The van der Waals surface area contributed by atoms with Gasteiger partial charge in [-0.1, -0.05) is 0 Å². The Morgan fingerprint density at radius 1 is 1.14 bits per heavy atom. The van der Waals surface area contributed by atoms with Crippen molar-refractivity contribution in [2.75, 3.05) is 44.2 Å². The van der Waals surface area contributed by atoms with Crippen molar-refractivity contribution in [2.45, 2.75) is 32.1 Å². The number of likely N-dealkylation sites (tertiary alicyclic amines) is 1. The van der Waals surface area contributed by atoms with Crippen LogP contribution in [0, 0.1) is 5.92 Å². The van der Waals surface area contributed by atoms with Gasteiger partial charge in [0, 0.05) is 19.6 Å². The molecule has 0 bridgehead atoms. The van der Waals surface area contributed by atoms with Crippen molar-refractivity contribution in [3.05, 3.63) is 0 Å². The Hall–Kier alpha value is -0.460. The zero-order chi connectivity index (χ0) is 14.9. The SMILES string of the molecule is Cl.O=C(CSCC(=O)N1CCCCC1)NCC1CCCNC1. The van der Waals surface area contributed by atoms with E-state index in [-0.39, 0.29) is 24.2 Å². The highest BCUT2D eigenvalue weighted by molar-refractivity contribution is 8.00. The summed E-state index contributed by atoms with van der Waals surface area (Å²) in [5, 5.41) is 6.33. The minimum absolute atomic E-state index is 0. The minimum Gasteiger partial charge on any atom is -0.355 e. The molecule has 2 saturated heterocycles. The zero-order valence-electron chi connectivity index (χ0n) is 13.1. The van der Waals surface area contributed by atoms with Crippen molar-refractivity contribution < 1.29 is 9.59 Å². The second kappa shape index (κ2) is 11.1. The predicted molar refractivity (Wildman–Crippen MR) is 93.6 cm³/mol. The summed E-state index contributed by atoms with van der Waals surface area (Å²) < 4.78 is 0. The summed E-state index contributed by atoms with van der Waals surface area (Å²) in [6.45, 7) is 4.63. The highest BCUT2D eigenvalue weighted by Gasteiger charge is 2.17. The van der Waals surface area contributed by atoms with Crippen LogP contribution in [0.1, 0.15) is 32.1 Å². The number of nitrogens with zero attached hydrogens (tertiary/aromatic N) is 1. The van der Waals surface area contributed by atoms with Crippen molar-refractivity contribution in [3.8, 4) is 0 Å². The van der Waals surface area contributed by atoms with E-state index >= 15 is 0 Å². The van der Waals surface area contributed by atoms with E-state index in [1.807, 2.05) is 4.90 Å². The van der Waals surface area contributed by atoms with Crippen molar-refractivity contribution in [1.29, 1.82) is 0 Å². The lowest BCUT2D eigenvalue weighted by Crippen LogP contribution is -2.39. The van der Waals surface area contributed by atoms with Gasteiger partial charge in [-0.2, -0.15) is 0 Å². The molecule has 22 heavy (non-hydrogen) atoms. The van der Waals surface area contributed by atoms with E-state index in [9.17, 15) is 9.59 Å². The fraction of sp³-hybridized carbons (Fsp3) is 0.867. The van der Waals surface area contributed by atoms with Crippen molar-refractivity contribution >= 4 is 36.0 Å². The zero-order valence-corrected chi connectivity index (χ0v) is 14.8. The van der Waals surface area contributed by atoms with Gasteiger partial charge >= 0.3 is 0 Å². The molecule has 2 rings (SSSR count). The summed E-state index contributed by atoms with van der Waals surface area (Å²) in [6.07, 6.45) is 5.85. The molecule has 2 aliphatic rings. The number of nitrogens with one attached hydrogen (secondary N) is 2. The number of hydrogen-bond acceptors (Lipinski definition) is 4. The predicted octanol–water partition coefficient (Wildman–Crippen LogP) is 1.27. The normalized spacial score (nSPS) is 21.8. The molecule has 2 amide bonds. The minimum atomic E-state index is 0. The summed E-state index contributed by atoms with van der Waals surface area (Å²) >= 11 is 1.43. The smallest absolute Gasteiger partial charge is 0.232 e. The third kappa shape index (κ3) is 7.20. The Kier molecular flexibility index (Phi) is 9.91. The summed E-state index contributed by atoms with van der Waals surface area (Å²) in [5.41, 5.74) is 0. The Balaban J connectivity index is 0.00000242. The van der Waals surface area contributed by atoms with Crippen LogP contribution in [0.2, 0.25) is 0 Å². The summed E-state index contributed by atoms with van der Waals surface area (Å²) in [4.78, 5) is 25.6. The fourth-order valence-electron chi connectivity index (χ4n) is 2.87. The molecule has 5 nitrogen and oxygen atoms in total. The summed E-state index contributed by atoms with van der Waals surface area (Å²) in [7, 11) is 0. The number of thioether (sulfide) groups is 1. The van der Waals surface area contributed by atoms with Crippen LogP contribution in [0.4, 0.5) is 0 Å². The number of halogens is 1. The van der Waals surface area contributed by atoms with Gasteiger partial charge in [-0.3, -0.25) is 9.59 Å². The average molecular weight is 350 g/mol. The Morgan fingerprint density at radius 2 is 1.91 bits per heavy atom. The van der Waals surface area contributed by atoms with Crippen LogP contribution in [0.5, 0.6) is 0 Å². The first-order valence-electron chi connectivity index (χ1n) is 8.08. The quantitative estimate of drug-likeness (QED) is 0.758. The fourth-order valence-corrected chi connectivity index (χ4v) is 3.62. The Labute approximate surface area is 143 Å². The molecule has 128 valence electrons. The maximum atomic E-state index is 11.9.